The molecule has 0 unspecified atom stereocenters. The molecule has 0 saturated heterocycles. The summed E-state index contributed by atoms with van der Waals surface area (Å²) in [5.74, 6) is 0.340. The van der Waals surface area contributed by atoms with Gasteiger partial charge in [-0.2, -0.15) is 5.26 Å². The van der Waals surface area contributed by atoms with E-state index in [2.05, 4.69) is 16.4 Å². The molecule has 3 aromatic carbocycles. The minimum atomic E-state index is -0.364. The van der Waals surface area contributed by atoms with Gasteiger partial charge in [0.15, 0.2) is 0 Å². The Hall–Kier alpha value is -5.62. The lowest BCUT2D eigenvalue weighted by Gasteiger charge is -2.21. The number of rotatable bonds is 8. The summed E-state index contributed by atoms with van der Waals surface area (Å²) in [6, 6.07) is 23.7. The number of aromatic nitrogens is 2. The van der Waals surface area contributed by atoms with E-state index < -0.39 is 0 Å². The van der Waals surface area contributed by atoms with Crippen LogP contribution in [0.25, 0.3) is 22.0 Å². The molecule has 0 aliphatic carbocycles. The highest BCUT2D eigenvalue weighted by Gasteiger charge is 2.23. The van der Waals surface area contributed by atoms with Crippen molar-refractivity contribution >= 4 is 28.4 Å². The lowest BCUT2D eigenvalue weighted by molar-refractivity contribution is 0.0950. The maximum absolute atomic E-state index is 13.8. The molecule has 0 spiro atoms. The highest BCUT2D eigenvalue weighted by Crippen LogP contribution is 2.39. The molecule has 216 valence electrons. The predicted molar refractivity (Wildman–Crippen MR) is 167 cm³/mol. The number of carbonyl (C=O) groups excluding carboxylic acids is 2. The fourth-order valence-electron chi connectivity index (χ4n) is 5.07. The molecular formula is C34H31N5O4. The lowest BCUT2D eigenvalue weighted by Crippen LogP contribution is -2.31. The molecule has 0 aliphatic rings. The van der Waals surface area contributed by atoms with Gasteiger partial charge >= 0.3 is 0 Å². The van der Waals surface area contributed by atoms with E-state index in [-0.39, 0.29) is 35.1 Å². The van der Waals surface area contributed by atoms with Gasteiger partial charge in [-0.15, -0.1) is 0 Å². The van der Waals surface area contributed by atoms with Crippen molar-refractivity contribution in [3.8, 4) is 28.7 Å². The van der Waals surface area contributed by atoms with Crippen molar-refractivity contribution in [1.29, 1.82) is 5.26 Å². The number of hydrogen-bond donors (Lipinski definition) is 2. The fraction of sp³-hybridized carbons (Fsp3) is 0.176. The van der Waals surface area contributed by atoms with E-state index in [0.717, 1.165) is 11.1 Å². The Morgan fingerprint density at radius 3 is 2.40 bits per heavy atom. The highest BCUT2D eigenvalue weighted by molar-refractivity contribution is 6.08. The van der Waals surface area contributed by atoms with Gasteiger partial charge in [0.05, 0.1) is 6.07 Å². The summed E-state index contributed by atoms with van der Waals surface area (Å²) in [7, 11) is 1.64. The van der Waals surface area contributed by atoms with Crippen molar-refractivity contribution in [2.45, 2.75) is 20.8 Å². The van der Waals surface area contributed by atoms with E-state index in [9.17, 15) is 19.6 Å². The number of aryl methyl sites for hydroxylation is 3. The number of anilines is 1. The minimum absolute atomic E-state index is 0.134. The minimum Gasteiger partial charge on any atom is -0.456 e. The normalized spacial score (nSPS) is 10.8. The first-order valence-corrected chi connectivity index (χ1v) is 13.9. The van der Waals surface area contributed by atoms with Gasteiger partial charge in [0.2, 0.25) is 0 Å². The standard InChI is InChI=1S/C34H31N5O4/c1-5-36-32(40)28-19-26-27(20-38(4)34(42)30(26)37-28)25-15-14-23(18-29(25)43-31-21(2)10-9-11-22(31)3)33(41)39(17-16-35)24-12-7-6-8-13-24/h6-15,18-20,37H,5,17H2,1-4H3,(H,36,40). The van der Waals surface area contributed by atoms with Crippen LogP contribution in [0.4, 0.5) is 5.69 Å². The Kier molecular flexibility index (Phi) is 8.12. The Balaban J connectivity index is 1.71. The maximum atomic E-state index is 13.8. The molecule has 0 saturated carbocycles. The molecule has 0 radical (unpaired) electrons. The average molecular weight is 574 g/mol. The molecule has 9 nitrogen and oxygen atoms in total. The number of amides is 2. The summed E-state index contributed by atoms with van der Waals surface area (Å²) < 4.78 is 8.01. The van der Waals surface area contributed by atoms with Crippen molar-refractivity contribution in [1.82, 2.24) is 14.9 Å². The quantitative estimate of drug-likeness (QED) is 0.225. The van der Waals surface area contributed by atoms with Gasteiger partial charge in [-0.1, -0.05) is 36.4 Å². The Bertz CT molecular complexity index is 1930. The molecular weight excluding hydrogens is 542 g/mol. The van der Waals surface area contributed by atoms with E-state index in [0.29, 0.717) is 45.8 Å². The zero-order valence-corrected chi connectivity index (χ0v) is 24.4. The third-order valence-corrected chi connectivity index (χ3v) is 7.23. The zero-order chi connectivity index (χ0) is 30.7. The number of nitrogens with zero attached hydrogens (tertiary/aromatic N) is 3. The monoisotopic (exact) mass is 573 g/mol. The molecule has 0 atom stereocenters. The van der Waals surface area contributed by atoms with Gasteiger partial charge in [-0.05, 0) is 68.3 Å². The number of carbonyl (C=O) groups is 2. The number of hydrogen-bond acceptors (Lipinski definition) is 5. The average Bonchev–Trinajstić information content (AvgIpc) is 3.46. The first kappa shape index (κ1) is 28.9. The number of H-pyrrole nitrogens is 1. The molecule has 5 rings (SSSR count). The summed E-state index contributed by atoms with van der Waals surface area (Å²) in [5.41, 5.74) is 4.25. The van der Waals surface area contributed by atoms with Crippen LogP contribution >= 0.6 is 0 Å². The first-order chi connectivity index (χ1) is 20.7. The van der Waals surface area contributed by atoms with Gasteiger partial charge in [0.1, 0.15) is 29.3 Å². The van der Waals surface area contributed by atoms with Crippen molar-refractivity contribution in [3.05, 3.63) is 112 Å². The van der Waals surface area contributed by atoms with Gasteiger partial charge in [-0.3, -0.25) is 19.3 Å². The second-order valence-corrected chi connectivity index (χ2v) is 10.2. The number of nitriles is 1. The first-order valence-electron chi connectivity index (χ1n) is 13.9. The molecule has 2 aromatic heterocycles. The topological polar surface area (TPSA) is 120 Å². The van der Waals surface area contributed by atoms with Crippen molar-refractivity contribution in [2.75, 3.05) is 18.0 Å². The summed E-state index contributed by atoms with van der Waals surface area (Å²) in [6.07, 6.45) is 1.69. The van der Waals surface area contributed by atoms with Crippen LogP contribution < -0.4 is 20.5 Å². The molecule has 2 heterocycles. The Morgan fingerprint density at radius 1 is 1.00 bits per heavy atom. The van der Waals surface area contributed by atoms with Crippen LogP contribution in [0.2, 0.25) is 0 Å². The van der Waals surface area contributed by atoms with Crippen LogP contribution in [0.15, 0.2) is 83.8 Å². The second kappa shape index (κ2) is 12.1. The van der Waals surface area contributed by atoms with E-state index in [1.54, 1.807) is 49.6 Å². The SMILES string of the molecule is CCNC(=O)c1cc2c(-c3ccc(C(=O)N(CC#N)c4ccccc4)cc3Oc3c(C)cccc3C)cn(C)c(=O)c2[nH]1. The van der Waals surface area contributed by atoms with Gasteiger partial charge in [-0.25, -0.2) is 0 Å². The zero-order valence-electron chi connectivity index (χ0n) is 24.4. The molecule has 43 heavy (non-hydrogen) atoms. The van der Waals surface area contributed by atoms with Crippen molar-refractivity contribution in [3.63, 3.8) is 0 Å². The highest BCUT2D eigenvalue weighted by atomic mass is 16.5. The number of pyridine rings is 1. The smallest absolute Gasteiger partial charge is 0.274 e. The molecule has 5 aromatic rings. The Morgan fingerprint density at radius 2 is 1.72 bits per heavy atom. The fourth-order valence-corrected chi connectivity index (χ4v) is 5.07. The largest absolute Gasteiger partial charge is 0.456 e. The third kappa shape index (κ3) is 5.63. The molecule has 0 fully saturated rings. The number of fused-ring (bicyclic) bond motifs is 1. The summed E-state index contributed by atoms with van der Waals surface area (Å²) in [4.78, 5) is 43.9. The molecule has 0 aliphatic heterocycles. The number of para-hydroxylation sites is 2. The molecule has 2 amide bonds. The van der Waals surface area contributed by atoms with E-state index in [4.69, 9.17) is 4.74 Å². The third-order valence-electron chi connectivity index (χ3n) is 7.23. The predicted octanol–water partition coefficient (Wildman–Crippen LogP) is 5.86. The van der Waals surface area contributed by atoms with Crippen molar-refractivity contribution in [2.24, 2.45) is 7.05 Å². The summed E-state index contributed by atoms with van der Waals surface area (Å²) in [6.45, 7) is 6.01. The number of aromatic amines is 1. The van der Waals surface area contributed by atoms with Crippen LogP contribution in [0.5, 0.6) is 11.5 Å². The van der Waals surface area contributed by atoms with Gasteiger partial charge in [0.25, 0.3) is 17.4 Å². The van der Waals surface area contributed by atoms with Crippen LogP contribution in [-0.4, -0.2) is 34.5 Å². The van der Waals surface area contributed by atoms with Crippen molar-refractivity contribution < 1.29 is 14.3 Å². The number of benzene rings is 3. The Labute approximate surface area is 249 Å². The number of ether oxygens (including phenoxy) is 1. The van der Waals surface area contributed by atoms with E-state index in [1.165, 1.54) is 9.47 Å². The van der Waals surface area contributed by atoms with Crippen LogP contribution in [0.3, 0.4) is 0 Å². The maximum Gasteiger partial charge on any atom is 0.274 e. The number of nitrogens with one attached hydrogen (secondary N) is 2. The lowest BCUT2D eigenvalue weighted by atomic mass is 10.00. The molecule has 9 heteroatoms. The molecule has 2 N–H and O–H groups in total. The van der Waals surface area contributed by atoms with Crippen LogP contribution in [0.1, 0.15) is 38.9 Å². The summed E-state index contributed by atoms with van der Waals surface area (Å²) >= 11 is 0. The van der Waals surface area contributed by atoms with Crippen LogP contribution in [0, 0.1) is 25.2 Å². The van der Waals surface area contributed by atoms with Gasteiger partial charge < -0.3 is 19.6 Å². The molecule has 0 bridgehead atoms. The van der Waals surface area contributed by atoms with Gasteiger partial charge in [0, 0.05) is 47.6 Å². The van der Waals surface area contributed by atoms with E-state index in [1.807, 2.05) is 57.2 Å². The second-order valence-electron chi connectivity index (χ2n) is 10.2. The van der Waals surface area contributed by atoms with Crippen LogP contribution in [-0.2, 0) is 7.05 Å². The van der Waals surface area contributed by atoms with E-state index >= 15 is 0 Å². The summed E-state index contributed by atoms with van der Waals surface area (Å²) in [5, 5.41) is 12.8.